The molecule has 1 aromatic heterocycles. The van der Waals surface area contributed by atoms with Crippen molar-refractivity contribution in [3.8, 4) is 0 Å². The second-order valence-corrected chi connectivity index (χ2v) is 5.79. The molecular formula is C13H16BrNO4. The lowest BCUT2D eigenvalue weighted by Gasteiger charge is -2.29. The van der Waals surface area contributed by atoms with E-state index in [0.717, 1.165) is 25.7 Å². The van der Waals surface area contributed by atoms with Crippen molar-refractivity contribution >= 4 is 27.8 Å². The van der Waals surface area contributed by atoms with Crippen LogP contribution in [0.4, 0.5) is 0 Å². The molecule has 0 radical (unpaired) electrons. The molecule has 0 saturated heterocycles. The van der Waals surface area contributed by atoms with Gasteiger partial charge >= 0.3 is 5.97 Å². The molecule has 0 aliphatic heterocycles. The van der Waals surface area contributed by atoms with Crippen LogP contribution in [0.2, 0.25) is 0 Å². The molecule has 1 aliphatic carbocycles. The fourth-order valence-electron chi connectivity index (χ4n) is 2.59. The van der Waals surface area contributed by atoms with E-state index >= 15 is 0 Å². The van der Waals surface area contributed by atoms with E-state index in [9.17, 15) is 9.59 Å². The van der Waals surface area contributed by atoms with Gasteiger partial charge in [0.1, 0.15) is 0 Å². The Kier molecular flexibility index (Phi) is 4.29. The third-order valence-electron chi connectivity index (χ3n) is 3.58. The summed E-state index contributed by atoms with van der Waals surface area (Å²) in [6.45, 7) is 0. The Morgan fingerprint density at radius 1 is 1.42 bits per heavy atom. The fraction of sp³-hybridized carbons (Fsp3) is 0.538. The van der Waals surface area contributed by atoms with Gasteiger partial charge in [0, 0.05) is 12.0 Å². The first-order chi connectivity index (χ1) is 9.02. The van der Waals surface area contributed by atoms with E-state index in [1.54, 1.807) is 6.07 Å². The maximum absolute atomic E-state index is 12.2. The molecular weight excluding hydrogens is 314 g/mol. The van der Waals surface area contributed by atoms with Gasteiger partial charge in [-0.3, -0.25) is 9.59 Å². The van der Waals surface area contributed by atoms with Crippen molar-refractivity contribution in [1.29, 1.82) is 0 Å². The number of aliphatic carboxylic acids is 1. The molecule has 1 saturated carbocycles. The zero-order chi connectivity index (χ0) is 13.9. The zero-order valence-corrected chi connectivity index (χ0v) is 12.0. The van der Waals surface area contributed by atoms with Gasteiger partial charge in [-0.1, -0.05) is 12.8 Å². The minimum atomic E-state index is -0.834. The maximum atomic E-state index is 12.2. The molecule has 5 nitrogen and oxygen atoms in total. The molecule has 0 unspecified atom stereocenters. The topological polar surface area (TPSA) is 79.5 Å². The lowest BCUT2D eigenvalue weighted by atomic mass is 9.91. The highest BCUT2D eigenvalue weighted by atomic mass is 79.9. The SMILES string of the molecule is O=C(O)CCC1(NC(=O)c2occc2Br)CCCC1. The van der Waals surface area contributed by atoms with Crippen molar-refractivity contribution in [2.24, 2.45) is 0 Å². The average molecular weight is 330 g/mol. The molecule has 0 bridgehead atoms. The number of carbonyl (C=O) groups excluding carboxylic acids is 1. The summed E-state index contributed by atoms with van der Waals surface area (Å²) >= 11 is 3.25. The third kappa shape index (κ3) is 3.37. The van der Waals surface area contributed by atoms with Crippen molar-refractivity contribution in [1.82, 2.24) is 5.32 Å². The molecule has 1 aliphatic rings. The highest BCUT2D eigenvalue weighted by Crippen LogP contribution is 2.34. The van der Waals surface area contributed by atoms with Gasteiger partial charge in [0.25, 0.3) is 5.91 Å². The van der Waals surface area contributed by atoms with Crippen LogP contribution in [0.5, 0.6) is 0 Å². The van der Waals surface area contributed by atoms with Crippen LogP contribution in [-0.2, 0) is 4.79 Å². The minimum Gasteiger partial charge on any atom is -0.481 e. The van der Waals surface area contributed by atoms with E-state index in [1.165, 1.54) is 6.26 Å². The van der Waals surface area contributed by atoms with E-state index in [1.807, 2.05) is 0 Å². The number of hydrogen-bond acceptors (Lipinski definition) is 3. The lowest BCUT2D eigenvalue weighted by Crippen LogP contribution is -2.46. The molecule has 19 heavy (non-hydrogen) atoms. The number of carboxylic acids is 1. The van der Waals surface area contributed by atoms with E-state index < -0.39 is 11.5 Å². The second-order valence-electron chi connectivity index (χ2n) is 4.93. The van der Waals surface area contributed by atoms with Gasteiger partial charge in [-0.2, -0.15) is 0 Å². The first-order valence-corrected chi connectivity index (χ1v) is 7.09. The molecule has 104 valence electrons. The van der Waals surface area contributed by atoms with Crippen molar-refractivity contribution < 1.29 is 19.1 Å². The fourth-order valence-corrected chi connectivity index (χ4v) is 2.97. The normalized spacial score (nSPS) is 17.3. The molecule has 6 heteroatoms. The second kappa shape index (κ2) is 5.77. The largest absolute Gasteiger partial charge is 0.481 e. The van der Waals surface area contributed by atoms with Gasteiger partial charge in [-0.05, 0) is 41.3 Å². The van der Waals surface area contributed by atoms with Crippen LogP contribution in [0, 0.1) is 0 Å². The molecule has 2 rings (SSSR count). The number of rotatable bonds is 5. The van der Waals surface area contributed by atoms with Crippen molar-refractivity contribution in [3.05, 3.63) is 22.6 Å². The summed E-state index contributed by atoms with van der Waals surface area (Å²) in [5.41, 5.74) is -0.401. The van der Waals surface area contributed by atoms with Gasteiger partial charge in [-0.25, -0.2) is 0 Å². The van der Waals surface area contributed by atoms with Crippen molar-refractivity contribution in [2.75, 3.05) is 0 Å². The van der Waals surface area contributed by atoms with Crippen molar-refractivity contribution in [3.63, 3.8) is 0 Å². The van der Waals surface area contributed by atoms with Crippen LogP contribution >= 0.6 is 15.9 Å². The predicted octanol–water partition coefficient (Wildman–Crippen LogP) is 2.95. The summed E-state index contributed by atoms with van der Waals surface area (Å²) in [6, 6.07) is 1.66. The summed E-state index contributed by atoms with van der Waals surface area (Å²) in [5, 5.41) is 11.8. The van der Waals surface area contributed by atoms with Gasteiger partial charge in [0.2, 0.25) is 5.76 Å². The number of carboxylic acid groups (broad SMARTS) is 1. The first kappa shape index (κ1) is 14.1. The van der Waals surface area contributed by atoms with Gasteiger partial charge in [0.05, 0.1) is 10.7 Å². The number of amides is 1. The highest BCUT2D eigenvalue weighted by Gasteiger charge is 2.36. The Morgan fingerprint density at radius 2 is 2.11 bits per heavy atom. The molecule has 1 heterocycles. The Bertz CT molecular complexity index is 477. The zero-order valence-electron chi connectivity index (χ0n) is 10.4. The van der Waals surface area contributed by atoms with Crippen molar-refractivity contribution in [2.45, 2.75) is 44.1 Å². The third-order valence-corrected chi connectivity index (χ3v) is 4.20. The summed E-state index contributed by atoms with van der Waals surface area (Å²) < 4.78 is 5.74. The van der Waals surface area contributed by atoms with E-state index in [4.69, 9.17) is 9.52 Å². The average Bonchev–Trinajstić information content (AvgIpc) is 2.96. The monoisotopic (exact) mass is 329 g/mol. The number of halogens is 1. The molecule has 0 atom stereocenters. The maximum Gasteiger partial charge on any atom is 0.303 e. The Balaban J connectivity index is 2.06. The Morgan fingerprint density at radius 3 is 2.63 bits per heavy atom. The predicted molar refractivity (Wildman–Crippen MR) is 71.9 cm³/mol. The highest BCUT2D eigenvalue weighted by molar-refractivity contribution is 9.10. The number of carbonyl (C=O) groups is 2. The van der Waals surface area contributed by atoms with Gasteiger partial charge in [0.15, 0.2) is 0 Å². The standard InChI is InChI=1S/C13H16BrNO4/c14-9-4-8-19-11(9)12(18)15-13(5-1-2-6-13)7-3-10(16)17/h4,8H,1-3,5-7H2,(H,15,18)(H,16,17). The first-order valence-electron chi connectivity index (χ1n) is 6.30. The number of nitrogens with one attached hydrogen (secondary N) is 1. The number of furan rings is 1. The van der Waals surface area contributed by atoms with Crippen LogP contribution in [0.1, 0.15) is 49.1 Å². The lowest BCUT2D eigenvalue weighted by molar-refractivity contribution is -0.137. The molecule has 0 spiro atoms. The Labute approximate surface area is 119 Å². The quantitative estimate of drug-likeness (QED) is 0.870. The summed E-state index contributed by atoms with van der Waals surface area (Å²) in [6.07, 6.45) is 5.65. The minimum absolute atomic E-state index is 0.0691. The van der Waals surface area contributed by atoms with E-state index in [0.29, 0.717) is 10.9 Å². The molecule has 0 aromatic carbocycles. The van der Waals surface area contributed by atoms with Gasteiger partial charge in [-0.15, -0.1) is 0 Å². The molecule has 1 fully saturated rings. The summed E-state index contributed by atoms with van der Waals surface area (Å²) in [5.74, 6) is -0.884. The Hall–Kier alpha value is -1.30. The van der Waals surface area contributed by atoms with E-state index in [2.05, 4.69) is 21.2 Å². The smallest absolute Gasteiger partial charge is 0.303 e. The van der Waals surface area contributed by atoms with Crippen LogP contribution in [0.25, 0.3) is 0 Å². The molecule has 1 amide bonds. The van der Waals surface area contributed by atoms with Crippen LogP contribution in [-0.4, -0.2) is 22.5 Å². The van der Waals surface area contributed by atoms with Gasteiger partial charge < -0.3 is 14.8 Å². The number of hydrogen-bond donors (Lipinski definition) is 2. The molecule has 2 N–H and O–H groups in total. The van der Waals surface area contributed by atoms with Crippen LogP contribution < -0.4 is 5.32 Å². The summed E-state index contributed by atoms with van der Waals surface area (Å²) in [4.78, 5) is 22.9. The summed E-state index contributed by atoms with van der Waals surface area (Å²) in [7, 11) is 0. The molecule has 1 aromatic rings. The van der Waals surface area contributed by atoms with E-state index in [-0.39, 0.29) is 18.1 Å². The van der Waals surface area contributed by atoms with Crippen LogP contribution in [0.15, 0.2) is 21.2 Å². The van der Waals surface area contributed by atoms with Crippen LogP contribution in [0.3, 0.4) is 0 Å².